The Bertz CT molecular complexity index is 725. The van der Waals surface area contributed by atoms with Crippen LogP contribution in [0.5, 0.6) is 23.0 Å². The molecule has 0 aliphatic heterocycles. The van der Waals surface area contributed by atoms with Crippen LogP contribution in [0.25, 0.3) is 0 Å². The second-order valence-corrected chi connectivity index (χ2v) is 7.73. The van der Waals surface area contributed by atoms with E-state index in [9.17, 15) is 0 Å². The largest absolute Gasteiger partial charge is 0.490 e. The highest BCUT2D eigenvalue weighted by atomic mass is 16.5. The van der Waals surface area contributed by atoms with Crippen molar-refractivity contribution in [2.24, 2.45) is 11.8 Å². The molecule has 0 radical (unpaired) electrons. The highest BCUT2D eigenvalue weighted by molar-refractivity contribution is 5.50. The monoisotopic (exact) mass is 414 g/mol. The van der Waals surface area contributed by atoms with Gasteiger partial charge in [-0.1, -0.05) is 32.9 Å². The van der Waals surface area contributed by atoms with Crippen molar-refractivity contribution in [3.63, 3.8) is 0 Å². The van der Waals surface area contributed by atoms with Gasteiger partial charge in [0.2, 0.25) is 0 Å². The van der Waals surface area contributed by atoms with E-state index in [0.717, 1.165) is 23.0 Å². The number of benzene rings is 2. The zero-order valence-electron chi connectivity index (χ0n) is 19.7. The maximum atomic E-state index is 5.90. The lowest BCUT2D eigenvalue weighted by Gasteiger charge is -2.29. The van der Waals surface area contributed by atoms with Crippen LogP contribution < -0.4 is 18.9 Å². The standard InChI is InChI=1S/C26H38O4/c1-8-27-22-14-12-20(16-24(22)29-10-3)26(19(7)18(5)6)21-13-15-23(28-9-2)25(17-21)30-11-4/h12-19,26H,8-11H2,1-7H3. The topological polar surface area (TPSA) is 36.9 Å². The molecule has 4 heteroatoms. The SMILES string of the molecule is CCOc1ccc(C(c2ccc(OCC)c(OCC)c2)C(C)C(C)C)cc1OCC. The predicted octanol–water partition coefficient (Wildman–Crippen LogP) is 6.71. The van der Waals surface area contributed by atoms with Crippen molar-refractivity contribution in [2.45, 2.75) is 54.4 Å². The van der Waals surface area contributed by atoms with Gasteiger partial charge in [-0.3, -0.25) is 0 Å². The molecule has 0 bridgehead atoms. The number of ether oxygens (including phenoxy) is 4. The molecule has 0 aromatic heterocycles. The number of rotatable bonds is 12. The maximum Gasteiger partial charge on any atom is 0.161 e. The van der Waals surface area contributed by atoms with Crippen LogP contribution in [0.1, 0.15) is 65.5 Å². The van der Waals surface area contributed by atoms with Gasteiger partial charge in [0.15, 0.2) is 23.0 Å². The first-order valence-electron chi connectivity index (χ1n) is 11.3. The summed E-state index contributed by atoms with van der Waals surface area (Å²) < 4.78 is 23.3. The lowest BCUT2D eigenvalue weighted by atomic mass is 9.76. The Morgan fingerprint density at radius 2 is 0.933 bits per heavy atom. The highest BCUT2D eigenvalue weighted by Crippen LogP contribution is 2.42. The summed E-state index contributed by atoms with van der Waals surface area (Å²) in [6.07, 6.45) is 0. The lowest BCUT2D eigenvalue weighted by molar-refractivity contribution is 0.285. The third-order valence-corrected chi connectivity index (χ3v) is 5.43. The van der Waals surface area contributed by atoms with Gasteiger partial charge in [0.25, 0.3) is 0 Å². The Labute approximate surface area is 182 Å². The van der Waals surface area contributed by atoms with E-state index in [2.05, 4.69) is 45.0 Å². The first kappa shape index (κ1) is 23.9. The quantitative estimate of drug-likeness (QED) is 0.387. The van der Waals surface area contributed by atoms with Crippen molar-refractivity contribution in [1.29, 1.82) is 0 Å². The van der Waals surface area contributed by atoms with Gasteiger partial charge in [-0.2, -0.15) is 0 Å². The molecule has 1 atom stereocenters. The Hall–Kier alpha value is -2.36. The third kappa shape index (κ3) is 5.84. The van der Waals surface area contributed by atoms with Gasteiger partial charge in [-0.15, -0.1) is 0 Å². The van der Waals surface area contributed by atoms with E-state index < -0.39 is 0 Å². The summed E-state index contributed by atoms with van der Waals surface area (Å²) in [5, 5.41) is 0. The van der Waals surface area contributed by atoms with Gasteiger partial charge in [0.1, 0.15) is 0 Å². The first-order valence-corrected chi connectivity index (χ1v) is 11.3. The molecule has 0 saturated heterocycles. The normalized spacial score (nSPS) is 12.2. The van der Waals surface area contributed by atoms with Gasteiger partial charge < -0.3 is 18.9 Å². The van der Waals surface area contributed by atoms with Crippen LogP contribution in [0.3, 0.4) is 0 Å². The van der Waals surface area contributed by atoms with E-state index >= 15 is 0 Å². The molecule has 0 saturated carbocycles. The molecular formula is C26H38O4. The van der Waals surface area contributed by atoms with Crippen LogP contribution in [0.2, 0.25) is 0 Å². The van der Waals surface area contributed by atoms with Crippen LogP contribution in [-0.2, 0) is 0 Å². The zero-order chi connectivity index (χ0) is 22.1. The van der Waals surface area contributed by atoms with Crippen molar-refractivity contribution in [1.82, 2.24) is 0 Å². The predicted molar refractivity (Wildman–Crippen MR) is 123 cm³/mol. The summed E-state index contributed by atoms with van der Waals surface area (Å²) in [7, 11) is 0. The van der Waals surface area contributed by atoms with Crippen molar-refractivity contribution in [2.75, 3.05) is 26.4 Å². The summed E-state index contributed by atoms with van der Waals surface area (Å²) in [4.78, 5) is 0. The van der Waals surface area contributed by atoms with Crippen LogP contribution in [0.4, 0.5) is 0 Å². The molecule has 0 spiro atoms. The Morgan fingerprint density at radius 1 is 0.567 bits per heavy atom. The van der Waals surface area contributed by atoms with Crippen LogP contribution in [-0.4, -0.2) is 26.4 Å². The molecule has 0 heterocycles. The molecule has 4 nitrogen and oxygen atoms in total. The van der Waals surface area contributed by atoms with Gasteiger partial charge in [0, 0.05) is 5.92 Å². The van der Waals surface area contributed by atoms with Gasteiger partial charge in [-0.25, -0.2) is 0 Å². The molecule has 0 aliphatic carbocycles. The minimum atomic E-state index is 0.203. The summed E-state index contributed by atoms with van der Waals surface area (Å²) in [5.41, 5.74) is 2.43. The third-order valence-electron chi connectivity index (χ3n) is 5.43. The summed E-state index contributed by atoms with van der Waals surface area (Å²) >= 11 is 0. The van der Waals surface area contributed by atoms with Crippen LogP contribution in [0.15, 0.2) is 36.4 Å². The summed E-state index contributed by atoms with van der Waals surface area (Å²) in [6, 6.07) is 12.6. The fourth-order valence-corrected chi connectivity index (χ4v) is 3.71. The number of hydrogen-bond acceptors (Lipinski definition) is 4. The molecule has 1 unspecified atom stereocenters. The van der Waals surface area contributed by atoms with Gasteiger partial charge >= 0.3 is 0 Å². The van der Waals surface area contributed by atoms with E-state index in [-0.39, 0.29) is 5.92 Å². The first-order chi connectivity index (χ1) is 14.5. The molecule has 0 N–H and O–H groups in total. The van der Waals surface area contributed by atoms with E-state index in [1.165, 1.54) is 11.1 Å². The Morgan fingerprint density at radius 3 is 1.27 bits per heavy atom. The fourth-order valence-electron chi connectivity index (χ4n) is 3.71. The average molecular weight is 415 g/mol. The molecule has 2 aromatic carbocycles. The molecule has 30 heavy (non-hydrogen) atoms. The minimum Gasteiger partial charge on any atom is -0.490 e. The molecule has 2 rings (SSSR count). The van der Waals surface area contributed by atoms with Crippen LogP contribution in [0, 0.1) is 11.8 Å². The van der Waals surface area contributed by atoms with E-state index in [1.807, 2.05) is 39.8 Å². The molecule has 0 aliphatic rings. The van der Waals surface area contributed by atoms with Gasteiger partial charge in [-0.05, 0) is 74.9 Å². The van der Waals surface area contributed by atoms with Crippen molar-refractivity contribution in [3.8, 4) is 23.0 Å². The molecule has 0 amide bonds. The van der Waals surface area contributed by atoms with E-state index in [0.29, 0.717) is 38.3 Å². The van der Waals surface area contributed by atoms with E-state index in [1.54, 1.807) is 0 Å². The lowest BCUT2D eigenvalue weighted by Crippen LogP contribution is -2.17. The summed E-state index contributed by atoms with van der Waals surface area (Å²) in [6.45, 7) is 17.3. The smallest absolute Gasteiger partial charge is 0.161 e. The molecule has 166 valence electrons. The van der Waals surface area contributed by atoms with E-state index in [4.69, 9.17) is 18.9 Å². The maximum absolute atomic E-state index is 5.90. The fraction of sp³-hybridized carbons (Fsp3) is 0.538. The van der Waals surface area contributed by atoms with Crippen molar-refractivity contribution < 1.29 is 18.9 Å². The zero-order valence-corrected chi connectivity index (χ0v) is 19.7. The van der Waals surface area contributed by atoms with Crippen LogP contribution >= 0.6 is 0 Å². The van der Waals surface area contributed by atoms with Crippen molar-refractivity contribution >= 4 is 0 Å². The molecular weight excluding hydrogens is 376 g/mol. The molecule has 0 fully saturated rings. The number of hydrogen-bond donors (Lipinski definition) is 0. The second-order valence-electron chi connectivity index (χ2n) is 7.73. The average Bonchev–Trinajstić information content (AvgIpc) is 2.72. The minimum absolute atomic E-state index is 0.203. The van der Waals surface area contributed by atoms with Crippen molar-refractivity contribution in [3.05, 3.63) is 47.5 Å². The highest BCUT2D eigenvalue weighted by Gasteiger charge is 2.26. The second kappa shape index (κ2) is 11.7. The summed E-state index contributed by atoms with van der Waals surface area (Å²) in [5.74, 6) is 4.32. The molecule has 2 aromatic rings. The Kier molecular flexibility index (Phi) is 9.35. The Balaban J connectivity index is 2.56. The van der Waals surface area contributed by atoms with Gasteiger partial charge in [0.05, 0.1) is 26.4 Å².